The Hall–Kier alpha value is -15.4. The van der Waals surface area contributed by atoms with E-state index in [1.807, 2.05) is 76.2 Å². The van der Waals surface area contributed by atoms with E-state index in [1.54, 1.807) is 219 Å². The van der Waals surface area contributed by atoms with Gasteiger partial charge in [-0.05, 0) is 433 Å². The van der Waals surface area contributed by atoms with E-state index in [4.69, 9.17) is 37.9 Å². The molecule has 13 rings (SSSR count). The maximum atomic E-state index is 14.7. The maximum absolute atomic E-state index is 14.7. The largest absolute Gasteiger partial charge is 0.508 e. The summed E-state index contributed by atoms with van der Waals surface area (Å²) in [7, 11) is 0. The number of aromatic hydroxyl groups is 4. The van der Waals surface area contributed by atoms with E-state index in [0.717, 1.165) is 95.9 Å². The van der Waals surface area contributed by atoms with E-state index in [2.05, 4.69) is 47.7 Å². The van der Waals surface area contributed by atoms with Gasteiger partial charge in [0.2, 0.25) is 0 Å². The second-order valence-corrected chi connectivity index (χ2v) is 32.3. The van der Waals surface area contributed by atoms with Crippen LogP contribution in [-0.2, 0) is 44.9 Å². The average molecular weight is 1770 g/mol. The molecular weight excluding hydrogens is 1660 g/mol. The van der Waals surface area contributed by atoms with Crippen molar-refractivity contribution in [3.8, 4) is 69.0 Å². The molecule has 1 aliphatic rings. The zero-order chi connectivity index (χ0) is 92.8. The highest BCUT2D eigenvalue weighted by atomic mass is 16.5. The van der Waals surface area contributed by atoms with Crippen LogP contribution < -0.4 is 37.9 Å². The highest BCUT2D eigenvalue weighted by Gasteiger charge is 2.24. The summed E-state index contributed by atoms with van der Waals surface area (Å²) in [4.78, 5) is 77.6. The Kier molecular flexibility index (Phi) is 33.2. The molecule has 0 saturated carbocycles. The molecule has 0 aromatic heterocycles. The highest BCUT2D eigenvalue weighted by Crippen LogP contribution is 2.40. The minimum Gasteiger partial charge on any atom is -0.508 e. The number of hydrogen-bond acceptors (Lipinski definition) is 20. The van der Waals surface area contributed by atoms with Crippen LogP contribution in [0.3, 0.4) is 0 Å². The van der Waals surface area contributed by atoms with Crippen molar-refractivity contribution in [2.45, 2.75) is 132 Å². The van der Waals surface area contributed by atoms with Crippen LogP contribution in [0.5, 0.6) is 69.0 Å². The Morgan fingerprint density at radius 3 is 0.629 bits per heavy atom. The van der Waals surface area contributed by atoms with Crippen LogP contribution in [0.1, 0.15) is 190 Å². The number of unbranched alkanes of at least 4 members (excludes halogenated alkanes) is 4. The fraction of sp³-hybridized carbons (Fsp3) is 0.214. The molecule has 132 heavy (non-hydrogen) atoms. The fourth-order valence-electron chi connectivity index (χ4n) is 14.9. The number of hydrogen-bond donors (Lipinski definition) is 4. The van der Waals surface area contributed by atoms with Crippen LogP contribution in [0, 0.1) is 27.7 Å². The van der Waals surface area contributed by atoms with Gasteiger partial charge in [-0.3, -0.25) is 20.0 Å². The monoisotopic (exact) mass is 1760 g/mol. The van der Waals surface area contributed by atoms with Crippen molar-refractivity contribution in [1.82, 2.24) is 0 Å². The summed E-state index contributed by atoms with van der Waals surface area (Å²) in [6.07, 6.45) is 26.2. The van der Waals surface area contributed by atoms with Crippen molar-refractivity contribution in [2.75, 3.05) is 26.4 Å². The summed E-state index contributed by atoms with van der Waals surface area (Å²) in [5, 5.41) is 40.2. The van der Waals surface area contributed by atoms with E-state index in [1.165, 1.54) is 24.3 Å². The molecule has 672 valence electrons. The number of nitrogens with zero attached hydrogens (tertiary/aromatic N) is 4. The maximum Gasteiger partial charge on any atom is 0.336 e. The van der Waals surface area contributed by atoms with Gasteiger partial charge in [-0.2, -0.15) is 0 Å². The average Bonchev–Trinajstić information content (AvgIpc) is 0.764. The Bertz CT molecular complexity index is 5510. The Morgan fingerprint density at radius 2 is 0.455 bits per heavy atom. The standard InChI is InChI=1S/C112H108N4O16/c1-9-13-49-125-97-61-81-57-83-63-98(126-50-14-10-2)65-85(102(83)38-46-110(122)130-94-31-19-78(20-32-94)70-114-106-42-26-90(118)54-74(106)6)59-87-67-100(128-52-16-12-4)68-88(104(87)40-48-112(124)132-96-35-23-80(24-36-96)72-116-108-44-28-92(120)56-76(108)8)60-86-66-99(127-51-15-11-3)64-84(103(86)39-47-111(123)131-95-33-21-79(22-34-95)71-115-107-43-27-91(119)55-75(107)7)58-82(62-97)101(81)37-45-109(121)129-93-29-17-77(18-30-93)69-113-105-41-25-89(117)53-73(105)5/h17-48,53-56,61-72,117-120H,9-16,49-52,57-60H2,1-8H3. The number of ether oxygens (including phenoxy) is 8. The molecule has 0 heterocycles. The third-order valence-electron chi connectivity index (χ3n) is 22.0. The van der Waals surface area contributed by atoms with Crippen LogP contribution in [0.15, 0.2) is 263 Å². The first-order chi connectivity index (χ1) is 64.0. The molecule has 20 nitrogen and oxygen atoms in total. The van der Waals surface area contributed by atoms with E-state index in [0.29, 0.717) is 139 Å². The van der Waals surface area contributed by atoms with Crippen molar-refractivity contribution < 1.29 is 77.5 Å². The quantitative estimate of drug-likeness (QED) is 0.00934. The molecule has 0 saturated heterocycles. The van der Waals surface area contributed by atoms with E-state index in [9.17, 15) is 39.6 Å². The molecular formula is C112H108N4O16. The SMILES string of the molecule is CCCCOc1cc2c(C=CC(=O)Oc3ccc(C=Nc4ccc(O)cc4C)cc3)c(c1)Cc1cc(OCCCC)cc(c1C=CC(=O)Oc1ccc(C=Nc3ccc(O)cc3C)cc1)Cc1cc(OCCCC)cc(c1C=CC(=O)Oc1ccc(C=Nc3ccc(O)cc3C)cc1)Cc1cc(OCCCC)cc(c1C=CC(=O)Oc1ccc(C=Nc3ccc(O)cc3C)cc1)C2. The third kappa shape index (κ3) is 27.3. The van der Waals surface area contributed by atoms with E-state index >= 15 is 0 Å². The minimum absolute atomic E-state index is 0.129. The van der Waals surface area contributed by atoms with Crippen molar-refractivity contribution in [2.24, 2.45) is 20.0 Å². The molecule has 0 amide bonds. The van der Waals surface area contributed by atoms with Crippen LogP contribution >= 0.6 is 0 Å². The molecule has 4 N–H and O–H groups in total. The molecule has 12 aromatic rings. The van der Waals surface area contributed by atoms with Gasteiger partial charge in [0.25, 0.3) is 0 Å². The number of carbonyl (C=O) groups is 4. The minimum atomic E-state index is -0.681. The summed E-state index contributed by atoms with van der Waals surface area (Å²) in [5.41, 5.74) is 17.0. The number of carbonyl (C=O) groups excluding carboxylic acids is 4. The Balaban J connectivity index is 0.990. The van der Waals surface area contributed by atoms with Crippen molar-refractivity contribution in [3.05, 3.63) is 354 Å². The summed E-state index contributed by atoms with van der Waals surface area (Å²) in [5.74, 6) is 1.09. The van der Waals surface area contributed by atoms with E-state index < -0.39 is 23.9 Å². The molecule has 0 radical (unpaired) electrons. The van der Waals surface area contributed by atoms with Gasteiger partial charge >= 0.3 is 23.9 Å². The highest BCUT2D eigenvalue weighted by molar-refractivity contribution is 5.94. The topological polar surface area (TPSA) is 272 Å². The van der Waals surface area contributed by atoms with Gasteiger partial charge in [-0.1, -0.05) is 53.4 Å². The van der Waals surface area contributed by atoms with Crippen LogP contribution in [0.25, 0.3) is 24.3 Å². The normalized spacial score (nSPS) is 12.2. The fourth-order valence-corrected chi connectivity index (χ4v) is 14.9. The second-order valence-electron chi connectivity index (χ2n) is 32.3. The van der Waals surface area contributed by atoms with Crippen LogP contribution in [-0.4, -0.2) is 95.6 Å². The third-order valence-corrected chi connectivity index (χ3v) is 22.0. The van der Waals surface area contributed by atoms with Gasteiger partial charge < -0.3 is 58.3 Å². The lowest BCUT2D eigenvalue weighted by Gasteiger charge is -2.23. The number of esters is 4. The first-order valence-corrected chi connectivity index (χ1v) is 44.6. The Morgan fingerprint density at radius 1 is 0.265 bits per heavy atom. The summed E-state index contributed by atoms with van der Waals surface area (Å²) in [6, 6.07) is 63.5. The van der Waals surface area contributed by atoms with Crippen molar-refractivity contribution in [1.29, 1.82) is 0 Å². The smallest absolute Gasteiger partial charge is 0.336 e. The molecule has 0 spiro atoms. The first kappa shape index (κ1) is 94.2. The molecule has 0 unspecified atom stereocenters. The van der Waals surface area contributed by atoms with Crippen molar-refractivity contribution >= 4 is 95.8 Å². The summed E-state index contributed by atoms with van der Waals surface area (Å²) < 4.78 is 51.8. The number of phenolic OH excluding ortho intramolecular Hbond substituents is 4. The predicted molar refractivity (Wildman–Crippen MR) is 523 cm³/mol. The van der Waals surface area contributed by atoms with Gasteiger partial charge in [-0.15, -0.1) is 0 Å². The number of aliphatic imine (C=N–C) groups is 4. The molecule has 1 aliphatic carbocycles. The number of rotatable bonds is 36. The molecule has 0 atom stereocenters. The number of benzene rings is 12. The van der Waals surface area contributed by atoms with Crippen molar-refractivity contribution in [3.63, 3.8) is 0 Å². The van der Waals surface area contributed by atoms with E-state index in [-0.39, 0.29) is 71.7 Å². The predicted octanol–water partition coefficient (Wildman–Crippen LogP) is 24.6. The second kappa shape index (κ2) is 46.5. The van der Waals surface area contributed by atoms with Gasteiger partial charge in [-0.25, -0.2) is 19.2 Å². The number of phenols is 4. The molecule has 8 bridgehead atoms. The first-order valence-electron chi connectivity index (χ1n) is 44.6. The lowest BCUT2D eigenvalue weighted by molar-refractivity contribution is -0.129. The molecule has 0 aliphatic heterocycles. The van der Waals surface area contributed by atoms with Gasteiger partial charge in [0.05, 0.1) is 49.2 Å². The zero-order valence-corrected chi connectivity index (χ0v) is 75.5. The molecule has 12 aromatic carbocycles. The summed E-state index contributed by atoms with van der Waals surface area (Å²) >= 11 is 0. The number of fused-ring (bicyclic) bond motifs is 8. The van der Waals surface area contributed by atoms with Crippen LogP contribution in [0.2, 0.25) is 0 Å². The summed E-state index contributed by atoms with van der Waals surface area (Å²) in [6.45, 7) is 17.3. The molecule has 0 fully saturated rings. The lowest BCUT2D eigenvalue weighted by atomic mass is 9.84. The lowest BCUT2D eigenvalue weighted by Crippen LogP contribution is -2.10. The van der Waals surface area contributed by atoms with Crippen LogP contribution in [0.4, 0.5) is 22.7 Å². The van der Waals surface area contributed by atoms with Gasteiger partial charge in [0.1, 0.15) is 69.0 Å². The van der Waals surface area contributed by atoms with Gasteiger partial charge in [0, 0.05) is 49.2 Å². The number of aryl methyl sites for hydroxylation is 4. The Labute approximate surface area is 770 Å². The van der Waals surface area contributed by atoms with Gasteiger partial charge in [0.15, 0.2) is 0 Å². The molecule has 20 heteroatoms. The zero-order valence-electron chi connectivity index (χ0n) is 75.5.